The van der Waals surface area contributed by atoms with Gasteiger partial charge in [-0.2, -0.15) is 0 Å². The molecule has 98 valence electrons. The van der Waals surface area contributed by atoms with E-state index in [0.717, 1.165) is 0 Å². The lowest BCUT2D eigenvalue weighted by Gasteiger charge is -2.31. The van der Waals surface area contributed by atoms with E-state index in [4.69, 9.17) is 10.3 Å². The summed E-state index contributed by atoms with van der Waals surface area (Å²) in [6.07, 6.45) is -0.495. The molecule has 0 aliphatic carbocycles. The molecule has 0 aliphatic rings. The van der Waals surface area contributed by atoms with Gasteiger partial charge in [0.1, 0.15) is 5.60 Å². The van der Waals surface area contributed by atoms with Crippen molar-refractivity contribution in [2.45, 2.75) is 53.2 Å². The van der Waals surface area contributed by atoms with Gasteiger partial charge in [-0.05, 0) is 31.7 Å². The third-order valence-corrected chi connectivity index (χ3v) is 2.06. The van der Waals surface area contributed by atoms with Crippen LogP contribution >= 0.6 is 0 Å². The third kappa shape index (κ3) is 7.47. The summed E-state index contributed by atoms with van der Waals surface area (Å²) in [5, 5.41) is 6.22. The molecule has 0 heterocycles. The summed E-state index contributed by atoms with van der Waals surface area (Å²) < 4.78 is 5.16. The zero-order valence-electron chi connectivity index (χ0n) is 11.4. The van der Waals surface area contributed by atoms with Gasteiger partial charge in [-0.15, -0.1) is 0 Å². The molecule has 0 aromatic carbocycles. The Bertz CT molecular complexity index is 308. The quantitative estimate of drug-likeness (QED) is 0.468. The number of carbonyl (C=O) groups excluding carboxylic acids is 1. The molecule has 1 amide bonds. The van der Waals surface area contributed by atoms with E-state index in [1.165, 1.54) is 0 Å². The zero-order chi connectivity index (χ0) is 13.7. The van der Waals surface area contributed by atoms with E-state index >= 15 is 0 Å². The number of alkyl carbamates (subject to hydrolysis) is 1. The Morgan fingerprint density at radius 2 is 1.88 bits per heavy atom. The van der Waals surface area contributed by atoms with Gasteiger partial charge in [0.2, 0.25) is 0 Å². The van der Waals surface area contributed by atoms with Crippen molar-refractivity contribution in [2.24, 2.45) is 10.5 Å². The molecule has 0 bridgehead atoms. The molecule has 1 atom stereocenters. The topological polar surface area (TPSA) is 87.1 Å². The second-order valence-corrected chi connectivity index (χ2v) is 5.98. The Kier molecular flexibility index (Phi) is 5.29. The van der Waals surface area contributed by atoms with Gasteiger partial charge in [-0.1, -0.05) is 25.9 Å². The maximum atomic E-state index is 11.6. The Balaban J connectivity index is 4.54. The summed E-state index contributed by atoms with van der Waals surface area (Å²) in [7, 11) is 0. The molecule has 0 saturated heterocycles. The summed E-state index contributed by atoms with van der Waals surface area (Å²) >= 11 is 0. The van der Waals surface area contributed by atoms with E-state index in [-0.39, 0.29) is 18.0 Å². The first-order chi connectivity index (χ1) is 7.56. The molecule has 6 heteroatoms. The van der Waals surface area contributed by atoms with Gasteiger partial charge in [0.05, 0.1) is 0 Å². The van der Waals surface area contributed by atoms with Crippen LogP contribution in [-0.4, -0.2) is 24.3 Å². The number of azide groups is 1. The van der Waals surface area contributed by atoms with E-state index in [9.17, 15) is 4.79 Å². The Labute approximate surface area is 102 Å². The van der Waals surface area contributed by atoms with Crippen molar-refractivity contribution in [3.8, 4) is 0 Å². The number of rotatable bonds is 3. The molecule has 0 rings (SSSR count). The van der Waals surface area contributed by atoms with Crippen molar-refractivity contribution in [2.75, 3.05) is 6.54 Å². The van der Waals surface area contributed by atoms with Crippen molar-refractivity contribution in [3.63, 3.8) is 0 Å². The van der Waals surface area contributed by atoms with Gasteiger partial charge in [0.25, 0.3) is 0 Å². The number of nitrogens with zero attached hydrogens (tertiary/aromatic N) is 3. The fourth-order valence-electron chi connectivity index (χ4n) is 1.10. The summed E-state index contributed by atoms with van der Waals surface area (Å²) in [5.41, 5.74) is 7.58. The zero-order valence-corrected chi connectivity index (χ0v) is 11.4. The summed E-state index contributed by atoms with van der Waals surface area (Å²) in [4.78, 5) is 14.3. The minimum absolute atomic E-state index is 0.203. The van der Waals surface area contributed by atoms with Gasteiger partial charge in [-0.3, -0.25) is 0 Å². The Morgan fingerprint density at radius 1 is 1.35 bits per heavy atom. The maximum Gasteiger partial charge on any atom is 0.407 e. The first-order valence-electron chi connectivity index (χ1n) is 5.56. The van der Waals surface area contributed by atoms with Crippen LogP contribution in [0.25, 0.3) is 10.4 Å². The smallest absolute Gasteiger partial charge is 0.407 e. The van der Waals surface area contributed by atoms with Gasteiger partial charge < -0.3 is 10.1 Å². The summed E-state index contributed by atoms with van der Waals surface area (Å²) in [6, 6.07) is -0.256. The van der Waals surface area contributed by atoms with Crippen LogP contribution in [0.1, 0.15) is 41.5 Å². The van der Waals surface area contributed by atoms with Gasteiger partial charge in [0, 0.05) is 17.5 Å². The number of ether oxygens (including phenoxy) is 1. The lowest BCUT2D eigenvalue weighted by atomic mass is 9.87. The van der Waals surface area contributed by atoms with Crippen molar-refractivity contribution in [1.82, 2.24) is 5.32 Å². The first kappa shape index (κ1) is 15.6. The van der Waals surface area contributed by atoms with Gasteiger partial charge in [-0.25, -0.2) is 4.79 Å². The van der Waals surface area contributed by atoms with E-state index in [1.807, 2.05) is 20.8 Å². The molecule has 0 aromatic rings. The van der Waals surface area contributed by atoms with Crippen LogP contribution in [0.2, 0.25) is 0 Å². The molecule has 6 nitrogen and oxygen atoms in total. The van der Waals surface area contributed by atoms with Crippen molar-refractivity contribution >= 4 is 6.09 Å². The number of carbonyl (C=O) groups is 1. The predicted octanol–water partition coefficient (Wildman–Crippen LogP) is 3.24. The molecular weight excluding hydrogens is 220 g/mol. The maximum absolute atomic E-state index is 11.6. The van der Waals surface area contributed by atoms with Gasteiger partial charge >= 0.3 is 6.09 Å². The van der Waals surface area contributed by atoms with Crippen LogP contribution in [0.4, 0.5) is 4.79 Å². The fourth-order valence-corrected chi connectivity index (χ4v) is 1.10. The second-order valence-electron chi connectivity index (χ2n) is 5.98. The lowest BCUT2D eigenvalue weighted by Crippen LogP contribution is -2.47. The van der Waals surface area contributed by atoms with Crippen LogP contribution in [0.15, 0.2) is 5.11 Å². The summed E-state index contributed by atoms with van der Waals surface area (Å²) in [6.45, 7) is 11.5. The number of hydrogen-bond acceptors (Lipinski definition) is 3. The highest BCUT2D eigenvalue weighted by Crippen LogP contribution is 2.20. The molecule has 0 spiro atoms. The SMILES string of the molecule is CC(C)(C)OC(=O)N[C@H](CN=[N+]=[N-])C(C)(C)C. The van der Waals surface area contributed by atoms with E-state index < -0.39 is 11.7 Å². The second kappa shape index (κ2) is 5.77. The standard InChI is InChI=1S/C11H22N4O2/c1-10(2,3)8(7-13-15-12)14-9(16)17-11(4,5)6/h8H,7H2,1-6H3,(H,14,16)/t8-/m1/s1. The Morgan fingerprint density at radius 3 is 2.24 bits per heavy atom. The van der Waals surface area contributed by atoms with Crippen molar-refractivity contribution in [1.29, 1.82) is 0 Å². The molecular formula is C11H22N4O2. The third-order valence-electron chi connectivity index (χ3n) is 2.06. The molecule has 0 fully saturated rings. The average Bonchev–Trinajstić information content (AvgIpc) is 2.07. The lowest BCUT2D eigenvalue weighted by molar-refractivity contribution is 0.0468. The average molecular weight is 242 g/mol. The van der Waals surface area contributed by atoms with Crippen molar-refractivity contribution < 1.29 is 9.53 Å². The van der Waals surface area contributed by atoms with Crippen LogP contribution in [-0.2, 0) is 4.74 Å². The predicted molar refractivity (Wildman–Crippen MR) is 66.6 cm³/mol. The minimum Gasteiger partial charge on any atom is -0.444 e. The molecule has 0 aliphatic heterocycles. The van der Waals surface area contributed by atoms with E-state index in [1.54, 1.807) is 20.8 Å². The van der Waals surface area contributed by atoms with Crippen LogP contribution < -0.4 is 5.32 Å². The largest absolute Gasteiger partial charge is 0.444 e. The molecule has 0 aromatic heterocycles. The van der Waals surface area contributed by atoms with Crippen LogP contribution in [0.3, 0.4) is 0 Å². The number of amides is 1. The van der Waals surface area contributed by atoms with E-state index in [2.05, 4.69) is 15.3 Å². The first-order valence-corrected chi connectivity index (χ1v) is 5.56. The monoisotopic (exact) mass is 242 g/mol. The normalized spacial score (nSPS) is 13.5. The highest BCUT2D eigenvalue weighted by Gasteiger charge is 2.27. The van der Waals surface area contributed by atoms with E-state index in [0.29, 0.717) is 0 Å². The highest BCUT2D eigenvalue weighted by atomic mass is 16.6. The van der Waals surface area contributed by atoms with Gasteiger partial charge in [0.15, 0.2) is 0 Å². The number of hydrogen-bond donors (Lipinski definition) is 1. The highest BCUT2D eigenvalue weighted by molar-refractivity contribution is 5.68. The minimum atomic E-state index is -0.537. The molecule has 0 unspecified atom stereocenters. The molecule has 0 saturated carbocycles. The number of nitrogens with one attached hydrogen (secondary N) is 1. The fraction of sp³-hybridized carbons (Fsp3) is 0.909. The summed E-state index contributed by atoms with van der Waals surface area (Å²) in [5.74, 6) is 0. The Hall–Kier alpha value is -1.42. The molecule has 1 N–H and O–H groups in total. The molecule has 17 heavy (non-hydrogen) atoms. The molecule has 0 radical (unpaired) electrons. The van der Waals surface area contributed by atoms with Crippen LogP contribution in [0, 0.1) is 5.41 Å². The van der Waals surface area contributed by atoms with Crippen molar-refractivity contribution in [3.05, 3.63) is 10.4 Å². The van der Waals surface area contributed by atoms with Crippen LogP contribution in [0.5, 0.6) is 0 Å².